The molecule has 2 aromatic carbocycles. The van der Waals surface area contributed by atoms with Crippen LogP contribution in [0.3, 0.4) is 0 Å². The van der Waals surface area contributed by atoms with Crippen LogP contribution in [0.4, 0.5) is 13.2 Å². The maximum atomic E-state index is 13.0. The molecule has 20 heavy (non-hydrogen) atoms. The van der Waals surface area contributed by atoms with Crippen molar-refractivity contribution in [3.05, 3.63) is 69.7 Å². The highest BCUT2D eigenvalue weighted by molar-refractivity contribution is 9.10. The summed E-state index contributed by atoms with van der Waals surface area (Å²) in [5, 5.41) is 0. The number of rotatable bonds is 3. The molecule has 0 fully saturated rings. The minimum atomic E-state index is -4.33. The Kier molecular flexibility index (Phi) is 4.91. The van der Waals surface area contributed by atoms with E-state index in [-0.39, 0.29) is 10.4 Å². The molecule has 0 saturated carbocycles. The molecule has 0 N–H and O–H groups in total. The van der Waals surface area contributed by atoms with Crippen LogP contribution in [0.25, 0.3) is 0 Å². The maximum Gasteiger partial charge on any atom is 0.416 e. The zero-order valence-electron chi connectivity index (χ0n) is 10.3. The van der Waals surface area contributed by atoms with Gasteiger partial charge in [0, 0.05) is 9.30 Å². The second-order valence-electron chi connectivity index (χ2n) is 4.38. The number of hydrogen-bond donors (Lipinski definition) is 0. The van der Waals surface area contributed by atoms with E-state index >= 15 is 0 Å². The average Bonchev–Trinajstić information content (AvgIpc) is 2.40. The summed E-state index contributed by atoms with van der Waals surface area (Å²) >= 11 is 6.71. The molecule has 0 heterocycles. The Bertz CT molecular complexity index is 576. The van der Waals surface area contributed by atoms with E-state index in [1.54, 1.807) is 6.07 Å². The van der Waals surface area contributed by atoms with E-state index in [0.29, 0.717) is 6.42 Å². The largest absolute Gasteiger partial charge is 0.416 e. The lowest BCUT2D eigenvalue weighted by molar-refractivity contribution is -0.138. The van der Waals surface area contributed by atoms with Gasteiger partial charge in [0.25, 0.3) is 0 Å². The van der Waals surface area contributed by atoms with Crippen LogP contribution >= 0.6 is 31.9 Å². The second kappa shape index (κ2) is 6.31. The first-order chi connectivity index (χ1) is 9.38. The first-order valence-electron chi connectivity index (χ1n) is 5.92. The summed E-state index contributed by atoms with van der Waals surface area (Å²) in [5.41, 5.74) is 0.661. The van der Waals surface area contributed by atoms with Crippen LogP contribution in [-0.4, -0.2) is 0 Å². The van der Waals surface area contributed by atoms with E-state index in [0.717, 1.165) is 16.1 Å². The van der Waals surface area contributed by atoms with Crippen molar-refractivity contribution in [2.24, 2.45) is 0 Å². The Hall–Kier alpha value is -0.810. The van der Waals surface area contributed by atoms with E-state index in [2.05, 4.69) is 31.9 Å². The molecular weight excluding hydrogens is 397 g/mol. The quantitative estimate of drug-likeness (QED) is 0.535. The molecule has 0 aromatic heterocycles. The highest BCUT2D eigenvalue weighted by Crippen LogP contribution is 2.38. The van der Waals surface area contributed by atoms with Gasteiger partial charge in [-0.25, -0.2) is 0 Å². The molecule has 1 atom stereocenters. The molecule has 0 spiro atoms. The predicted octanol–water partition coefficient (Wildman–Crippen LogP) is 6.15. The second-order valence-corrected chi connectivity index (χ2v) is 6.40. The summed E-state index contributed by atoms with van der Waals surface area (Å²) in [5.74, 6) is 0. The highest BCUT2D eigenvalue weighted by Gasteiger charge is 2.34. The van der Waals surface area contributed by atoms with Gasteiger partial charge in [-0.1, -0.05) is 62.2 Å². The van der Waals surface area contributed by atoms with E-state index < -0.39 is 11.7 Å². The fraction of sp³-hybridized carbons (Fsp3) is 0.200. The van der Waals surface area contributed by atoms with Gasteiger partial charge in [0.2, 0.25) is 0 Å². The summed E-state index contributed by atoms with van der Waals surface area (Å²) < 4.78 is 39.9. The van der Waals surface area contributed by atoms with Crippen LogP contribution in [0.2, 0.25) is 0 Å². The van der Waals surface area contributed by atoms with Crippen molar-refractivity contribution in [2.45, 2.75) is 17.4 Å². The molecule has 0 aliphatic heterocycles. The number of halogens is 5. The fourth-order valence-electron chi connectivity index (χ4n) is 1.97. The van der Waals surface area contributed by atoms with Crippen LogP contribution < -0.4 is 0 Å². The van der Waals surface area contributed by atoms with Crippen LogP contribution in [0, 0.1) is 0 Å². The molecule has 5 heteroatoms. The van der Waals surface area contributed by atoms with Crippen LogP contribution in [-0.2, 0) is 12.6 Å². The SMILES string of the molecule is FC(F)(F)c1ccccc1C(Br)Cc1ccc(Br)cc1. The average molecular weight is 408 g/mol. The van der Waals surface area contributed by atoms with Crippen molar-refractivity contribution >= 4 is 31.9 Å². The fourth-order valence-corrected chi connectivity index (χ4v) is 3.00. The Morgan fingerprint density at radius 2 is 1.55 bits per heavy atom. The van der Waals surface area contributed by atoms with E-state index in [1.165, 1.54) is 12.1 Å². The topological polar surface area (TPSA) is 0 Å². The maximum absolute atomic E-state index is 13.0. The molecule has 0 aliphatic rings. The molecule has 2 aromatic rings. The minimum Gasteiger partial charge on any atom is -0.166 e. The molecular formula is C15H11Br2F3. The normalized spacial score (nSPS) is 13.2. The molecule has 0 bridgehead atoms. The van der Waals surface area contributed by atoms with Gasteiger partial charge in [-0.05, 0) is 35.7 Å². The first-order valence-corrected chi connectivity index (χ1v) is 7.63. The third kappa shape index (κ3) is 3.85. The van der Waals surface area contributed by atoms with E-state index in [1.807, 2.05) is 24.3 Å². The zero-order valence-corrected chi connectivity index (χ0v) is 13.5. The summed E-state index contributed by atoms with van der Waals surface area (Å²) in [4.78, 5) is -0.374. The predicted molar refractivity (Wildman–Crippen MR) is 81.0 cm³/mol. The van der Waals surface area contributed by atoms with Gasteiger partial charge in [0.05, 0.1) is 5.56 Å². The van der Waals surface area contributed by atoms with Gasteiger partial charge in [0.1, 0.15) is 0 Å². The van der Waals surface area contributed by atoms with Crippen LogP contribution in [0.1, 0.15) is 21.5 Å². The van der Waals surface area contributed by atoms with Gasteiger partial charge in [-0.3, -0.25) is 0 Å². The van der Waals surface area contributed by atoms with Gasteiger partial charge in [-0.2, -0.15) is 13.2 Å². The third-order valence-electron chi connectivity index (χ3n) is 2.93. The molecule has 2 rings (SSSR count). The summed E-state index contributed by atoms with van der Waals surface area (Å²) in [6.07, 6.45) is -3.83. The molecule has 106 valence electrons. The lowest BCUT2D eigenvalue weighted by Gasteiger charge is -2.17. The lowest BCUT2D eigenvalue weighted by atomic mass is 9.99. The van der Waals surface area contributed by atoms with E-state index in [4.69, 9.17) is 0 Å². The Morgan fingerprint density at radius 3 is 2.15 bits per heavy atom. The summed E-state index contributed by atoms with van der Waals surface area (Å²) in [7, 11) is 0. The van der Waals surface area contributed by atoms with Crippen molar-refractivity contribution in [1.82, 2.24) is 0 Å². The Morgan fingerprint density at radius 1 is 0.950 bits per heavy atom. The third-order valence-corrected chi connectivity index (χ3v) is 4.28. The molecule has 0 amide bonds. The zero-order chi connectivity index (χ0) is 14.8. The molecule has 0 radical (unpaired) electrons. The first kappa shape index (κ1) is 15.6. The smallest absolute Gasteiger partial charge is 0.166 e. The van der Waals surface area contributed by atoms with E-state index in [9.17, 15) is 13.2 Å². The van der Waals surface area contributed by atoms with Crippen molar-refractivity contribution in [3.8, 4) is 0 Å². The Labute approximate surface area is 132 Å². The monoisotopic (exact) mass is 406 g/mol. The number of benzene rings is 2. The van der Waals surface area contributed by atoms with Crippen molar-refractivity contribution in [3.63, 3.8) is 0 Å². The van der Waals surface area contributed by atoms with Gasteiger partial charge >= 0.3 is 6.18 Å². The van der Waals surface area contributed by atoms with Gasteiger partial charge < -0.3 is 0 Å². The van der Waals surface area contributed by atoms with Crippen molar-refractivity contribution in [2.75, 3.05) is 0 Å². The van der Waals surface area contributed by atoms with Crippen molar-refractivity contribution in [1.29, 1.82) is 0 Å². The number of hydrogen-bond acceptors (Lipinski definition) is 0. The Balaban J connectivity index is 2.25. The van der Waals surface area contributed by atoms with Gasteiger partial charge in [0.15, 0.2) is 0 Å². The van der Waals surface area contributed by atoms with Gasteiger partial charge in [-0.15, -0.1) is 0 Å². The molecule has 0 saturated heterocycles. The highest BCUT2D eigenvalue weighted by atomic mass is 79.9. The van der Waals surface area contributed by atoms with Crippen molar-refractivity contribution < 1.29 is 13.2 Å². The summed E-state index contributed by atoms with van der Waals surface area (Å²) in [6, 6.07) is 13.2. The number of alkyl halides is 4. The van der Waals surface area contributed by atoms with Crippen LogP contribution in [0.5, 0.6) is 0 Å². The minimum absolute atomic E-state index is 0.267. The lowest BCUT2D eigenvalue weighted by Crippen LogP contribution is -2.10. The summed E-state index contributed by atoms with van der Waals surface area (Å²) in [6.45, 7) is 0. The van der Waals surface area contributed by atoms with Crippen LogP contribution in [0.15, 0.2) is 53.0 Å². The molecule has 0 aliphatic carbocycles. The molecule has 0 nitrogen and oxygen atoms in total. The standard InChI is InChI=1S/C15H11Br2F3/c16-11-7-5-10(6-8-11)9-14(17)12-3-1-2-4-13(12)15(18,19)20/h1-8,14H,9H2. The molecule has 1 unspecified atom stereocenters.